The van der Waals surface area contributed by atoms with Crippen molar-refractivity contribution in [2.24, 2.45) is 17.1 Å². The average molecular weight is 240 g/mol. The number of amides is 1. The fourth-order valence-electron chi connectivity index (χ4n) is 2.87. The molecular weight excluding hydrogens is 220 g/mol. The van der Waals surface area contributed by atoms with Crippen LogP contribution >= 0.6 is 0 Å². The lowest BCUT2D eigenvalue weighted by molar-refractivity contribution is -0.146. The summed E-state index contributed by atoms with van der Waals surface area (Å²) in [5.74, 6) is -0.507. The predicted octanol–water partition coefficient (Wildman–Crippen LogP) is 0.439. The standard InChI is InChI=1S/C12H20N2O3/c13-8-12(3-1-4-12)11(17)14-5-2-9(7-14)6-10(15)16/h9H,1-8,13H2,(H,15,16). The van der Waals surface area contributed by atoms with E-state index < -0.39 is 5.97 Å². The summed E-state index contributed by atoms with van der Waals surface area (Å²) in [5.41, 5.74) is 5.39. The van der Waals surface area contributed by atoms with Gasteiger partial charge in [-0.25, -0.2) is 0 Å². The molecule has 17 heavy (non-hydrogen) atoms. The third-order valence-corrected chi connectivity index (χ3v) is 4.19. The fourth-order valence-corrected chi connectivity index (χ4v) is 2.87. The predicted molar refractivity (Wildman–Crippen MR) is 62.3 cm³/mol. The van der Waals surface area contributed by atoms with Gasteiger partial charge in [0, 0.05) is 26.1 Å². The minimum Gasteiger partial charge on any atom is -0.481 e. The van der Waals surface area contributed by atoms with Crippen molar-refractivity contribution in [3.63, 3.8) is 0 Å². The van der Waals surface area contributed by atoms with E-state index in [2.05, 4.69) is 0 Å². The summed E-state index contributed by atoms with van der Waals surface area (Å²) in [5, 5.41) is 8.74. The second kappa shape index (κ2) is 4.64. The maximum Gasteiger partial charge on any atom is 0.303 e. The van der Waals surface area contributed by atoms with Crippen LogP contribution in [0.25, 0.3) is 0 Å². The highest BCUT2D eigenvalue weighted by Crippen LogP contribution is 2.42. The van der Waals surface area contributed by atoms with Gasteiger partial charge in [-0.15, -0.1) is 0 Å². The Balaban J connectivity index is 1.92. The van der Waals surface area contributed by atoms with Crippen LogP contribution in [0.5, 0.6) is 0 Å². The van der Waals surface area contributed by atoms with Crippen molar-refractivity contribution >= 4 is 11.9 Å². The smallest absolute Gasteiger partial charge is 0.303 e. The van der Waals surface area contributed by atoms with Crippen molar-refractivity contribution in [3.05, 3.63) is 0 Å². The van der Waals surface area contributed by atoms with Crippen LogP contribution in [0, 0.1) is 11.3 Å². The van der Waals surface area contributed by atoms with Crippen LogP contribution in [-0.2, 0) is 9.59 Å². The number of rotatable bonds is 4. The van der Waals surface area contributed by atoms with Crippen LogP contribution in [0.3, 0.4) is 0 Å². The molecule has 0 aromatic heterocycles. The first-order valence-corrected chi connectivity index (χ1v) is 6.29. The number of hydrogen-bond acceptors (Lipinski definition) is 3. The molecule has 1 unspecified atom stereocenters. The Bertz CT molecular complexity index is 320. The van der Waals surface area contributed by atoms with E-state index in [0.717, 1.165) is 25.7 Å². The van der Waals surface area contributed by atoms with E-state index in [1.165, 1.54) is 0 Å². The number of hydrogen-bond donors (Lipinski definition) is 2. The molecule has 0 spiro atoms. The molecule has 5 heteroatoms. The van der Waals surface area contributed by atoms with E-state index in [1.54, 1.807) is 0 Å². The van der Waals surface area contributed by atoms with Crippen molar-refractivity contribution in [3.8, 4) is 0 Å². The van der Waals surface area contributed by atoms with Crippen LogP contribution in [0.1, 0.15) is 32.1 Å². The van der Waals surface area contributed by atoms with Crippen molar-refractivity contribution < 1.29 is 14.7 Å². The first-order chi connectivity index (χ1) is 8.07. The quantitative estimate of drug-likeness (QED) is 0.746. The summed E-state index contributed by atoms with van der Waals surface area (Å²) in [6.45, 7) is 1.71. The van der Waals surface area contributed by atoms with E-state index in [4.69, 9.17) is 10.8 Å². The van der Waals surface area contributed by atoms with E-state index >= 15 is 0 Å². The lowest BCUT2D eigenvalue weighted by Gasteiger charge is -2.41. The van der Waals surface area contributed by atoms with Crippen LogP contribution in [0.2, 0.25) is 0 Å². The molecule has 0 radical (unpaired) electrons. The van der Waals surface area contributed by atoms with Gasteiger partial charge in [0.15, 0.2) is 0 Å². The van der Waals surface area contributed by atoms with E-state index in [-0.39, 0.29) is 23.7 Å². The molecule has 1 amide bonds. The minimum absolute atomic E-state index is 0.117. The molecule has 3 N–H and O–H groups in total. The van der Waals surface area contributed by atoms with Crippen molar-refractivity contribution in [2.75, 3.05) is 19.6 Å². The Hall–Kier alpha value is -1.10. The van der Waals surface area contributed by atoms with Crippen molar-refractivity contribution in [1.82, 2.24) is 4.90 Å². The lowest BCUT2D eigenvalue weighted by atomic mass is 9.68. The minimum atomic E-state index is -0.776. The van der Waals surface area contributed by atoms with Crippen molar-refractivity contribution in [1.29, 1.82) is 0 Å². The highest BCUT2D eigenvalue weighted by Gasteiger charge is 2.46. The number of carboxylic acid groups (broad SMARTS) is 1. The Labute approximate surface area is 101 Å². The molecule has 1 aliphatic carbocycles. The lowest BCUT2D eigenvalue weighted by Crippen LogP contribution is -2.51. The van der Waals surface area contributed by atoms with Gasteiger partial charge in [0.2, 0.25) is 5.91 Å². The maximum atomic E-state index is 12.3. The Morgan fingerprint density at radius 2 is 2.12 bits per heavy atom. The summed E-state index contributed by atoms with van der Waals surface area (Å²) in [4.78, 5) is 24.8. The van der Waals surface area contributed by atoms with Gasteiger partial charge in [-0.3, -0.25) is 9.59 Å². The van der Waals surface area contributed by atoms with Crippen LogP contribution in [0.15, 0.2) is 0 Å². The van der Waals surface area contributed by atoms with Crippen LogP contribution < -0.4 is 5.73 Å². The SMILES string of the molecule is NCC1(C(=O)N2CCC(CC(=O)O)C2)CCC1. The van der Waals surface area contributed by atoms with Gasteiger partial charge in [-0.2, -0.15) is 0 Å². The Morgan fingerprint density at radius 1 is 1.41 bits per heavy atom. The number of carbonyl (C=O) groups is 2. The van der Waals surface area contributed by atoms with Gasteiger partial charge in [0.1, 0.15) is 0 Å². The van der Waals surface area contributed by atoms with Gasteiger partial charge in [0.25, 0.3) is 0 Å². The highest BCUT2D eigenvalue weighted by molar-refractivity contribution is 5.84. The van der Waals surface area contributed by atoms with E-state index in [1.807, 2.05) is 4.90 Å². The first-order valence-electron chi connectivity index (χ1n) is 6.29. The molecule has 2 fully saturated rings. The number of carboxylic acids is 1. The van der Waals surface area contributed by atoms with Gasteiger partial charge in [0.05, 0.1) is 5.41 Å². The molecule has 0 bridgehead atoms. The molecule has 5 nitrogen and oxygen atoms in total. The summed E-state index contributed by atoms with van der Waals surface area (Å²) in [6, 6.07) is 0. The van der Waals surface area contributed by atoms with Crippen molar-refractivity contribution in [2.45, 2.75) is 32.1 Å². The van der Waals surface area contributed by atoms with Gasteiger partial charge in [-0.05, 0) is 25.2 Å². The van der Waals surface area contributed by atoms with Crippen LogP contribution in [-0.4, -0.2) is 41.5 Å². The molecule has 0 aromatic carbocycles. The number of likely N-dealkylation sites (tertiary alicyclic amines) is 1. The largest absolute Gasteiger partial charge is 0.481 e. The molecule has 2 aliphatic rings. The number of nitrogens with zero attached hydrogens (tertiary/aromatic N) is 1. The van der Waals surface area contributed by atoms with E-state index in [0.29, 0.717) is 19.6 Å². The number of aliphatic carboxylic acids is 1. The molecular formula is C12H20N2O3. The normalized spacial score (nSPS) is 26.6. The van der Waals surface area contributed by atoms with Gasteiger partial charge >= 0.3 is 5.97 Å². The molecule has 1 atom stereocenters. The topological polar surface area (TPSA) is 83.6 Å². The summed E-state index contributed by atoms with van der Waals surface area (Å²) in [7, 11) is 0. The fraction of sp³-hybridized carbons (Fsp3) is 0.833. The molecule has 1 saturated carbocycles. The monoisotopic (exact) mass is 240 g/mol. The molecule has 0 aromatic rings. The Morgan fingerprint density at radius 3 is 2.59 bits per heavy atom. The van der Waals surface area contributed by atoms with Gasteiger partial charge in [-0.1, -0.05) is 6.42 Å². The molecule has 1 aliphatic heterocycles. The number of nitrogens with two attached hydrogens (primary N) is 1. The van der Waals surface area contributed by atoms with Gasteiger partial charge < -0.3 is 15.7 Å². The molecule has 1 heterocycles. The average Bonchev–Trinajstić information content (AvgIpc) is 2.64. The third-order valence-electron chi connectivity index (χ3n) is 4.19. The molecule has 96 valence electrons. The first kappa shape index (κ1) is 12.4. The second-order valence-electron chi connectivity index (χ2n) is 5.34. The third kappa shape index (κ3) is 2.29. The summed E-state index contributed by atoms with van der Waals surface area (Å²) >= 11 is 0. The zero-order chi connectivity index (χ0) is 12.5. The zero-order valence-electron chi connectivity index (χ0n) is 10.0. The Kier molecular flexibility index (Phi) is 3.38. The van der Waals surface area contributed by atoms with E-state index in [9.17, 15) is 9.59 Å². The van der Waals surface area contributed by atoms with Crippen LogP contribution in [0.4, 0.5) is 0 Å². The summed E-state index contributed by atoms with van der Waals surface area (Å²) < 4.78 is 0. The summed E-state index contributed by atoms with van der Waals surface area (Å²) in [6.07, 6.45) is 3.83. The molecule has 2 rings (SSSR count). The zero-order valence-corrected chi connectivity index (χ0v) is 10.0. The second-order valence-corrected chi connectivity index (χ2v) is 5.34. The highest BCUT2D eigenvalue weighted by atomic mass is 16.4. The molecule has 1 saturated heterocycles. The number of carbonyl (C=O) groups excluding carboxylic acids is 1. The maximum absolute atomic E-state index is 12.3.